The molecule has 1 aromatic rings. The van der Waals surface area contributed by atoms with Crippen LogP contribution in [-0.4, -0.2) is 23.6 Å². The molecule has 1 amide bonds. The molecule has 3 heteroatoms. The first-order chi connectivity index (χ1) is 7.25. The SMILES string of the molecule is Cc1ccc2c(c1)OC1CCCN1C2=O. The van der Waals surface area contributed by atoms with Gasteiger partial charge in [-0.1, -0.05) is 6.07 Å². The summed E-state index contributed by atoms with van der Waals surface area (Å²) in [5.41, 5.74) is 1.84. The number of nitrogens with zero attached hydrogens (tertiary/aromatic N) is 1. The maximum Gasteiger partial charge on any atom is 0.260 e. The van der Waals surface area contributed by atoms with E-state index in [2.05, 4.69) is 0 Å². The average Bonchev–Trinajstić information content (AvgIpc) is 2.65. The van der Waals surface area contributed by atoms with Crippen LogP contribution in [0.4, 0.5) is 0 Å². The van der Waals surface area contributed by atoms with E-state index in [1.807, 2.05) is 30.0 Å². The minimum Gasteiger partial charge on any atom is -0.470 e. The van der Waals surface area contributed by atoms with Gasteiger partial charge in [0.15, 0.2) is 6.23 Å². The quantitative estimate of drug-likeness (QED) is 0.645. The van der Waals surface area contributed by atoms with Gasteiger partial charge in [0.1, 0.15) is 5.75 Å². The number of benzene rings is 1. The third-order valence-corrected chi connectivity index (χ3v) is 3.09. The highest BCUT2D eigenvalue weighted by Gasteiger charge is 2.36. The molecular weight excluding hydrogens is 190 g/mol. The van der Waals surface area contributed by atoms with Crippen molar-refractivity contribution in [2.45, 2.75) is 26.0 Å². The molecular formula is C12H13NO2. The molecule has 0 N–H and O–H groups in total. The molecule has 2 aliphatic rings. The van der Waals surface area contributed by atoms with E-state index in [0.29, 0.717) is 5.56 Å². The zero-order chi connectivity index (χ0) is 10.4. The molecule has 1 atom stereocenters. The topological polar surface area (TPSA) is 29.5 Å². The van der Waals surface area contributed by atoms with Gasteiger partial charge < -0.3 is 9.64 Å². The van der Waals surface area contributed by atoms with Crippen LogP contribution in [0.25, 0.3) is 0 Å². The molecule has 3 nitrogen and oxygen atoms in total. The van der Waals surface area contributed by atoms with Gasteiger partial charge in [-0.2, -0.15) is 0 Å². The Balaban J connectivity index is 2.08. The van der Waals surface area contributed by atoms with Crippen LogP contribution in [-0.2, 0) is 0 Å². The zero-order valence-electron chi connectivity index (χ0n) is 8.69. The third-order valence-electron chi connectivity index (χ3n) is 3.09. The Morgan fingerprint density at radius 3 is 3.20 bits per heavy atom. The minimum atomic E-state index is -0.0215. The highest BCUT2D eigenvalue weighted by Crippen LogP contribution is 2.33. The number of hydrogen-bond donors (Lipinski definition) is 0. The molecule has 0 aliphatic carbocycles. The molecule has 2 aliphatic heterocycles. The molecule has 0 spiro atoms. The molecule has 1 unspecified atom stereocenters. The lowest BCUT2D eigenvalue weighted by molar-refractivity contribution is 0.0294. The van der Waals surface area contributed by atoms with Gasteiger partial charge >= 0.3 is 0 Å². The first-order valence-corrected chi connectivity index (χ1v) is 5.34. The predicted molar refractivity (Wildman–Crippen MR) is 55.9 cm³/mol. The summed E-state index contributed by atoms with van der Waals surface area (Å²) in [6.45, 7) is 2.84. The Morgan fingerprint density at radius 1 is 1.47 bits per heavy atom. The Morgan fingerprint density at radius 2 is 2.33 bits per heavy atom. The molecule has 1 saturated heterocycles. The Hall–Kier alpha value is -1.51. The van der Waals surface area contributed by atoms with Crippen LogP contribution in [0.1, 0.15) is 28.8 Å². The summed E-state index contributed by atoms with van der Waals surface area (Å²) < 4.78 is 5.81. The van der Waals surface area contributed by atoms with Gasteiger partial charge in [-0.05, 0) is 31.0 Å². The van der Waals surface area contributed by atoms with Crippen molar-refractivity contribution in [3.63, 3.8) is 0 Å². The Bertz CT molecular complexity index is 428. The molecule has 2 heterocycles. The first kappa shape index (κ1) is 8.77. The fraction of sp³-hybridized carbons (Fsp3) is 0.417. The molecule has 0 bridgehead atoms. The van der Waals surface area contributed by atoms with E-state index in [0.717, 1.165) is 30.7 Å². The van der Waals surface area contributed by atoms with Crippen LogP contribution in [0.5, 0.6) is 5.75 Å². The number of aryl methyl sites for hydroxylation is 1. The standard InChI is InChI=1S/C12H13NO2/c1-8-4-5-9-10(7-8)15-11-3-2-6-13(11)12(9)14/h4-5,7,11H,2-3,6H2,1H3. The lowest BCUT2D eigenvalue weighted by Crippen LogP contribution is -2.42. The maximum atomic E-state index is 12.1. The van der Waals surface area contributed by atoms with Gasteiger partial charge in [-0.3, -0.25) is 4.79 Å². The molecule has 1 aromatic carbocycles. The van der Waals surface area contributed by atoms with E-state index in [9.17, 15) is 4.79 Å². The van der Waals surface area contributed by atoms with E-state index < -0.39 is 0 Å². The predicted octanol–water partition coefficient (Wildman–Crippen LogP) is 1.95. The minimum absolute atomic E-state index is 0.0215. The van der Waals surface area contributed by atoms with Crippen molar-refractivity contribution in [3.05, 3.63) is 29.3 Å². The van der Waals surface area contributed by atoms with Gasteiger partial charge in [0, 0.05) is 13.0 Å². The number of carbonyl (C=O) groups excluding carboxylic acids is 1. The summed E-state index contributed by atoms with van der Waals surface area (Å²) in [7, 11) is 0. The third kappa shape index (κ3) is 1.23. The fourth-order valence-electron chi connectivity index (χ4n) is 2.30. The molecule has 78 valence electrons. The van der Waals surface area contributed by atoms with Crippen molar-refractivity contribution in [1.82, 2.24) is 4.90 Å². The normalized spacial score (nSPS) is 23.4. The van der Waals surface area contributed by atoms with Gasteiger partial charge in [0.25, 0.3) is 5.91 Å². The summed E-state index contributed by atoms with van der Waals surface area (Å²) in [6, 6.07) is 5.76. The van der Waals surface area contributed by atoms with Gasteiger partial charge in [0.2, 0.25) is 0 Å². The second-order valence-electron chi connectivity index (χ2n) is 4.21. The fourth-order valence-corrected chi connectivity index (χ4v) is 2.30. The van der Waals surface area contributed by atoms with E-state index in [1.54, 1.807) is 0 Å². The summed E-state index contributed by atoms with van der Waals surface area (Å²) in [4.78, 5) is 13.9. The van der Waals surface area contributed by atoms with Crippen LogP contribution >= 0.6 is 0 Å². The van der Waals surface area contributed by atoms with Crippen LogP contribution in [0.2, 0.25) is 0 Å². The molecule has 0 saturated carbocycles. The molecule has 1 fully saturated rings. The summed E-state index contributed by atoms with van der Waals surface area (Å²) in [5, 5.41) is 0. The molecule has 15 heavy (non-hydrogen) atoms. The Labute approximate surface area is 88.6 Å². The van der Waals surface area contributed by atoms with Crippen LogP contribution in [0.15, 0.2) is 18.2 Å². The highest BCUT2D eigenvalue weighted by molar-refractivity contribution is 5.98. The summed E-state index contributed by atoms with van der Waals surface area (Å²) >= 11 is 0. The zero-order valence-corrected chi connectivity index (χ0v) is 8.69. The van der Waals surface area contributed by atoms with Crippen molar-refractivity contribution >= 4 is 5.91 Å². The van der Waals surface area contributed by atoms with E-state index in [1.165, 1.54) is 0 Å². The van der Waals surface area contributed by atoms with E-state index >= 15 is 0 Å². The maximum absolute atomic E-state index is 12.1. The van der Waals surface area contributed by atoms with Crippen LogP contribution in [0.3, 0.4) is 0 Å². The molecule has 3 rings (SSSR count). The van der Waals surface area contributed by atoms with Crippen LogP contribution < -0.4 is 4.74 Å². The smallest absolute Gasteiger partial charge is 0.260 e. The van der Waals surface area contributed by atoms with Crippen molar-refractivity contribution in [2.24, 2.45) is 0 Å². The lowest BCUT2D eigenvalue weighted by Gasteiger charge is -2.31. The second-order valence-corrected chi connectivity index (χ2v) is 4.21. The molecule has 0 aromatic heterocycles. The first-order valence-electron chi connectivity index (χ1n) is 5.34. The summed E-state index contributed by atoms with van der Waals surface area (Å²) in [5.74, 6) is 0.877. The van der Waals surface area contributed by atoms with Crippen molar-refractivity contribution < 1.29 is 9.53 Å². The number of amides is 1. The average molecular weight is 203 g/mol. The summed E-state index contributed by atoms with van der Waals surface area (Å²) in [6.07, 6.45) is 1.98. The Kier molecular flexibility index (Phi) is 1.75. The number of carbonyl (C=O) groups is 1. The largest absolute Gasteiger partial charge is 0.470 e. The number of ether oxygens (including phenoxy) is 1. The number of hydrogen-bond acceptors (Lipinski definition) is 2. The van der Waals surface area contributed by atoms with E-state index in [4.69, 9.17) is 4.74 Å². The van der Waals surface area contributed by atoms with Gasteiger partial charge in [0.05, 0.1) is 5.56 Å². The van der Waals surface area contributed by atoms with Crippen molar-refractivity contribution in [1.29, 1.82) is 0 Å². The van der Waals surface area contributed by atoms with E-state index in [-0.39, 0.29) is 12.1 Å². The number of fused-ring (bicyclic) bond motifs is 2. The van der Waals surface area contributed by atoms with Crippen molar-refractivity contribution in [3.8, 4) is 5.75 Å². The van der Waals surface area contributed by atoms with Gasteiger partial charge in [-0.15, -0.1) is 0 Å². The van der Waals surface area contributed by atoms with Gasteiger partial charge in [-0.25, -0.2) is 0 Å². The van der Waals surface area contributed by atoms with Crippen LogP contribution in [0, 0.1) is 6.92 Å². The highest BCUT2D eigenvalue weighted by atomic mass is 16.5. The van der Waals surface area contributed by atoms with Crippen molar-refractivity contribution in [2.75, 3.05) is 6.54 Å². The lowest BCUT2D eigenvalue weighted by atomic mass is 10.1. The number of rotatable bonds is 0. The molecule has 0 radical (unpaired) electrons. The second kappa shape index (κ2) is 2.99. The monoisotopic (exact) mass is 203 g/mol.